The van der Waals surface area contributed by atoms with E-state index < -0.39 is 4.92 Å². The predicted molar refractivity (Wildman–Crippen MR) is 76.3 cm³/mol. The van der Waals surface area contributed by atoms with E-state index >= 15 is 0 Å². The second kappa shape index (κ2) is 5.59. The van der Waals surface area contributed by atoms with E-state index in [9.17, 15) is 10.1 Å². The molecular formula is C12H14N4O3S. The minimum atomic E-state index is -0.400. The van der Waals surface area contributed by atoms with E-state index in [0.717, 1.165) is 19.4 Å². The lowest BCUT2D eigenvalue weighted by Crippen LogP contribution is -2.10. The molecule has 0 aromatic carbocycles. The highest BCUT2D eigenvalue weighted by atomic mass is 32.1. The summed E-state index contributed by atoms with van der Waals surface area (Å²) >= 11 is 1.38. The normalized spacial score (nSPS) is 15.3. The molecule has 1 N–H and O–H groups in total. The van der Waals surface area contributed by atoms with Crippen LogP contribution < -0.4 is 5.32 Å². The molecule has 2 aromatic rings. The molecule has 106 valence electrons. The molecule has 2 aromatic heterocycles. The molecule has 0 radical (unpaired) electrons. The van der Waals surface area contributed by atoms with Crippen molar-refractivity contribution in [3.05, 3.63) is 33.3 Å². The number of rotatable bonds is 5. The average Bonchev–Trinajstić information content (AvgIpc) is 2.99. The van der Waals surface area contributed by atoms with E-state index in [2.05, 4.69) is 16.4 Å². The van der Waals surface area contributed by atoms with Crippen molar-refractivity contribution in [2.24, 2.45) is 0 Å². The van der Waals surface area contributed by atoms with E-state index in [1.165, 1.54) is 21.3 Å². The number of aromatic nitrogens is 2. The maximum Gasteiger partial charge on any atom is 0.372 e. The van der Waals surface area contributed by atoms with Crippen LogP contribution in [0, 0.1) is 10.1 Å². The largest absolute Gasteiger partial charge is 0.377 e. The Kier molecular flexibility index (Phi) is 3.66. The lowest BCUT2D eigenvalue weighted by molar-refractivity contribution is -0.389. The zero-order valence-electron chi connectivity index (χ0n) is 10.7. The number of nitrogens with zero attached hydrogens (tertiary/aromatic N) is 3. The van der Waals surface area contributed by atoms with Crippen LogP contribution >= 0.6 is 11.3 Å². The summed E-state index contributed by atoms with van der Waals surface area (Å²) in [5.41, 5.74) is 1.33. The number of imidazole rings is 1. The fourth-order valence-electron chi connectivity index (χ4n) is 2.20. The van der Waals surface area contributed by atoms with Crippen LogP contribution in [0.15, 0.2) is 23.2 Å². The highest BCUT2D eigenvalue weighted by Crippen LogP contribution is 2.28. The smallest absolute Gasteiger partial charge is 0.372 e. The molecule has 0 saturated heterocycles. The first kappa shape index (κ1) is 13.1. The number of anilines is 1. The number of thiazole rings is 1. The van der Waals surface area contributed by atoms with E-state index in [0.29, 0.717) is 23.9 Å². The molecule has 0 fully saturated rings. The van der Waals surface area contributed by atoms with Gasteiger partial charge in [-0.3, -0.25) is 0 Å². The molecule has 0 bridgehead atoms. The van der Waals surface area contributed by atoms with E-state index in [4.69, 9.17) is 4.74 Å². The lowest BCUT2D eigenvalue weighted by Gasteiger charge is -2.13. The number of hydrogen-bond donors (Lipinski definition) is 1. The third-order valence-corrected chi connectivity index (χ3v) is 3.96. The maximum absolute atomic E-state index is 11.1. The van der Waals surface area contributed by atoms with E-state index in [1.807, 2.05) is 0 Å². The molecule has 3 heterocycles. The first-order chi connectivity index (χ1) is 9.75. The summed E-state index contributed by atoms with van der Waals surface area (Å²) < 4.78 is 6.74. The molecule has 8 heteroatoms. The van der Waals surface area contributed by atoms with Crippen molar-refractivity contribution in [2.75, 3.05) is 25.1 Å². The van der Waals surface area contributed by atoms with Crippen molar-refractivity contribution < 1.29 is 9.66 Å². The Morgan fingerprint density at radius 3 is 3.25 bits per heavy atom. The summed E-state index contributed by atoms with van der Waals surface area (Å²) in [5, 5.41) is 16.0. The third-order valence-electron chi connectivity index (χ3n) is 3.21. The summed E-state index contributed by atoms with van der Waals surface area (Å²) in [4.78, 5) is 15.6. The molecule has 3 rings (SSSR count). The van der Waals surface area contributed by atoms with Crippen LogP contribution in [0.25, 0.3) is 4.96 Å². The van der Waals surface area contributed by atoms with E-state index in [-0.39, 0.29) is 5.82 Å². The van der Waals surface area contributed by atoms with Gasteiger partial charge in [0.05, 0.1) is 13.2 Å². The third kappa shape index (κ3) is 2.52. The summed E-state index contributed by atoms with van der Waals surface area (Å²) in [6, 6.07) is 0. The number of fused-ring (bicyclic) bond motifs is 1. The van der Waals surface area contributed by atoms with Crippen molar-refractivity contribution in [3.63, 3.8) is 0 Å². The van der Waals surface area contributed by atoms with Crippen molar-refractivity contribution in [3.8, 4) is 0 Å². The quantitative estimate of drug-likeness (QED) is 0.520. The molecule has 0 atom stereocenters. The van der Waals surface area contributed by atoms with Gasteiger partial charge in [0.25, 0.3) is 4.96 Å². The number of nitro groups is 1. The average molecular weight is 294 g/mol. The van der Waals surface area contributed by atoms with Gasteiger partial charge < -0.3 is 20.2 Å². The molecule has 0 saturated carbocycles. The van der Waals surface area contributed by atoms with Crippen LogP contribution in [0.2, 0.25) is 0 Å². The Morgan fingerprint density at radius 1 is 1.60 bits per heavy atom. The Balaban J connectivity index is 1.70. The molecule has 7 nitrogen and oxygen atoms in total. The van der Waals surface area contributed by atoms with Crippen molar-refractivity contribution >= 4 is 27.9 Å². The maximum atomic E-state index is 11.1. The summed E-state index contributed by atoms with van der Waals surface area (Å²) in [6.07, 6.45) is 5.52. The van der Waals surface area contributed by atoms with Gasteiger partial charge in [0.2, 0.25) is 5.82 Å². The number of nitrogens with one attached hydrogen (secondary N) is 1. The predicted octanol–water partition coefficient (Wildman–Crippen LogP) is 2.45. The molecule has 20 heavy (non-hydrogen) atoms. The highest BCUT2D eigenvalue weighted by molar-refractivity contribution is 7.15. The molecule has 0 aliphatic carbocycles. The fraction of sp³-hybridized carbons (Fsp3) is 0.417. The zero-order valence-corrected chi connectivity index (χ0v) is 11.6. The Morgan fingerprint density at radius 2 is 2.50 bits per heavy atom. The summed E-state index contributed by atoms with van der Waals surface area (Å²) in [6.45, 7) is 2.05. The standard InChI is InChI=1S/C12H14N4O3S/c17-16(18)11-10(14-12-15(11)5-8-20-12)13-4-1-9-2-6-19-7-3-9/h2,5,8,13H,1,3-4,6-7H2. The van der Waals surface area contributed by atoms with Gasteiger partial charge in [-0.15, -0.1) is 0 Å². The zero-order chi connectivity index (χ0) is 13.9. The van der Waals surface area contributed by atoms with Gasteiger partial charge in [-0.25, -0.2) is 0 Å². The molecule has 1 aliphatic heterocycles. The van der Waals surface area contributed by atoms with Crippen LogP contribution in [-0.2, 0) is 4.74 Å². The highest BCUT2D eigenvalue weighted by Gasteiger charge is 2.23. The first-order valence-electron chi connectivity index (χ1n) is 6.35. The molecule has 0 amide bonds. The lowest BCUT2D eigenvalue weighted by atomic mass is 10.1. The fourth-order valence-corrected chi connectivity index (χ4v) is 2.91. The topological polar surface area (TPSA) is 81.7 Å². The second-order valence-corrected chi connectivity index (χ2v) is 5.33. The Hall–Kier alpha value is -1.93. The minimum absolute atomic E-state index is 0.00204. The van der Waals surface area contributed by atoms with Crippen LogP contribution in [0.5, 0.6) is 0 Å². The van der Waals surface area contributed by atoms with Crippen molar-refractivity contribution in [2.45, 2.75) is 12.8 Å². The van der Waals surface area contributed by atoms with Gasteiger partial charge in [-0.1, -0.05) is 23.0 Å². The van der Waals surface area contributed by atoms with Gasteiger partial charge in [0.1, 0.15) is 6.20 Å². The van der Waals surface area contributed by atoms with Gasteiger partial charge in [0, 0.05) is 11.9 Å². The van der Waals surface area contributed by atoms with Crippen LogP contribution in [-0.4, -0.2) is 34.1 Å². The van der Waals surface area contributed by atoms with Gasteiger partial charge in [0.15, 0.2) is 0 Å². The molecular weight excluding hydrogens is 280 g/mol. The first-order valence-corrected chi connectivity index (χ1v) is 7.23. The van der Waals surface area contributed by atoms with E-state index in [1.54, 1.807) is 11.6 Å². The minimum Gasteiger partial charge on any atom is -0.377 e. The van der Waals surface area contributed by atoms with Crippen LogP contribution in [0.4, 0.5) is 11.6 Å². The van der Waals surface area contributed by atoms with Crippen molar-refractivity contribution in [1.29, 1.82) is 0 Å². The Labute approximate surface area is 119 Å². The summed E-state index contributed by atoms with van der Waals surface area (Å²) in [5.74, 6) is 0.344. The van der Waals surface area contributed by atoms with Crippen molar-refractivity contribution in [1.82, 2.24) is 9.38 Å². The SMILES string of the molecule is O=[N+]([O-])c1c(NCCC2=CCOCC2)nc2sccn12. The van der Waals surface area contributed by atoms with Gasteiger partial charge in [-0.05, 0) is 17.8 Å². The number of ether oxygens (including phenoxy) is 1. The Bertz CT molecular complexity index is 661. The van der Waals surface area contributed by atoms with Crippen LogP contribution in [0.1, 0.15) is 12.8 Å². The molecule has 1 aliphatic rings. The second-order valence-electron chi connectivity index (χ2n) is 4.46. The molecule has 0 unspecified atom stereocenters. The van der Waals surface area contributed by atoms with Crippen LogP contribution in [0.3, 0.4) is 0 Å². The monoisotopic (exact) mass is 294 g/mol. The molecule has 0 spiro atoms. The van der Waals surface area contributed by atoms with Gasteiger partial charge >= 0.3 is 5.82 Å². The van der Waals surface area contributed by atoms with Gasteiger partial charge in [-0.2, -0.15) is 9.38 Å². The number of hydrogen-bond acceptors (Lipinski definition) is 6. The summed E-state index contributed by atoms with van der Waals surface area (Å²) in [7, 11) is 0.